The fourth-order valence-electron chi connectivity index (χ4n) is 2.49. The van der Waals surface area contributed by atoms with Crippen LogP contribution in [0.3, 0.4) is 0 Å². The van der Waals surface area contributed by atoms with E-state index in [0.717, 1.165) is 29.0 Å². The Balaban J connectivity index is 2.22. The van der Waals surface area contributed by atoms with Crippen LogP contribution in [0.2, 0.25) is 0 Å². The molecule has 0 atom stereocenters. The summed E-state index contributed by atoms with van der Waals surface area (Å²) in [6.07, 6.45) is 0.870. The predicted molar refractivity (Wildman–Crippen MR) is 96.7 cm³/mol. The van der Waals surface area contributed by atoms with Gasteiger partial charge in [0.25, 0.3) is 5.91 Å². The number of benzene rings is 2. The smallest absolute Gasteiger partial charge is 0.255 e. The van der Waals surface area contributed by atoms with E-state index in [4.69, 9.17) is 9.47 Å². The number of aryl methyl sites for hydroxylation is 1. The minimum Gasteiger partial charge on any atom is -0.494 e. The summed E-state index contributed by atoms with van der Waals surface area (Å²) in [5.74, 6) is 0.633. The maximum Gasteiger partial charge on any atom is 0.255 e. The van der Waals surface area contributed by atoms with Crippen LogP contribution in [0.1, 0.15) is 42.3 Å². The van der Waals surface area contributed by atoms with E-state index in [2.05, 4.69) is 12.2 Å². The lowest BCUT2D eigenvalue weighted by Crippen LogP contribution is -2.14. The van der Waals surface area contributed by atoms with Crippen molar-refractivity contribution < 1.29 is 14.3 Å². The first-order valence-corrected chi connectivity index (χ1v) is 8.42. The monoisotopic (exact) mass is 327 g/mol. The second kappa shape index (κ2) is 9.08. The summed E-state index contributed by atoms with van der Waals surface area (Å²) < 4.78 is 11.1. The topological polar surface area (TPSA) is 47.6 Å². The van der Waals surface area contributed by atoms with Gasteiger partial charge in [-0.2, -0.15) is 0 Å². The van der Waals surface area contributed by atoms with Gasteiger partial charge in [-0.3, -0.25) is 4.79 Å². The molecule has 1 N–H and O–H groups in total. The third-order valence-electron chi connectivity index (χ3n) is 3.73. The van der Waals surface area contributed by atoms with E-state index in [1.54, 1.807) is 6.07 Å². The van der Waals surface area contributed by atoms with Gasteiger partial charge in [-0.15, -0.1) is 0 Å². The Morgan fingerprint density at radius 1 is 1.00 bits per heavy atom. The molecule has 4 nitrogen and oxygen atoms in total. The molecule has 0 spiro atoms. The summed E-state index contributed by atoms with van der Waals surface area (Å²) in [6.45, 7) is 7.58. The molecule has 128 valence electrons. The summed E-state index contributed by atoms with van der Waals surface area (Å²) in [5, 5.41) is 2.99. The molecule has 2 aromatic rings. The van der Waals surface area contributed by atoms with Crippen molar-refractivity contribution in [2.75, 3.05) is 18.5 Å². The van der Waals surface area contributed by atoms with Gasteiger partial charge >= 0.3 is 0 Å². The van der Waals surface area contributed by atoms with Crippen LogP contribution in [0.15, 0.2) is 42.5 Å². The Hall–Kier alpha value is -2.33. The molecular weight excluding hydrogens is 302 g/mol. The minimum absolute atomic E-state index is 0.128. The number of ether oxygens (including phenoxy) is 2. The highest BCUT2D eigenvalue weighted by molar-refractivity contribution is 6.04. The van der Waals surface area contributed by atoms with Gasteiger partial charge in [-0.25, -0.2) is 0 Å². The number of amides is 1. The standard InChI is InChI=1S/C20H25NO3/c1-4-15-9-7-8-10-18(15)21-20(22)16-11-12-19(24-6-3)17(13-16)14-23-5-2/h7-13H,4-6,14H2,1-3H3,(H,21,22). The highest BCUT2D eigenvalue weighted by Crippen LogP contribution is 2.23. The second-order valence-corrected chi connectivity index (χ2v) is 5.36. The van der Waals surface area contributed by atoms with Crippen molar-refractivity contribution in [1.82, 2.24) is 0 Å². The first kappa shape index (κ1) is 18.0. The molecule has 0 fully saturated rings. The summed E-state index contributed by atoms with van der Waals surface area (Å²) >= 11 is 0. The van der Waals surface area contributed by atoms with E-state index in [9.17, 15) is 4.79 Å². The van der Waals surface area contributed by atoms with Crippen molar-refractivity contribution in [3.8, 4) is 5.75 Å². The minimum atomic E-state index is -0.128. The normalized spacial score (nSPS) is 10.5. The van der Waals surface area contributed by atoms with E-state index < -0.39 is 0 Å². The fourth-order valence-corrected chi connectivity index (χ4v) is 2.49. The van der Waals surface area contributed by atoms with E-state index in [0.29, 0.717) is 25.4 Å². The van der Waals surface area contributed by atoms with Crippen LogP contribution in [-0.4, -0.2) is 19.1 Å². The number of carbonyl (C=O) groups is 1. The average Bonchev–Trinajstić information content (AvgIpc) is 2.61. The van der Waals surface area contributed by atoms with Gasteiger partial charge in [-0.05, 0) is 50.1 Å². The SMILES string of the molecule is CCOCc1cc(C(=O)Nc2ccccc2CC)ccc1OCC. The van der Waals surface area contributed by atoms with Crippen molar-refractivity contribution in [2.24, 2.45) is 0 Å². The molecule has 4 heteroatoms. The molecule has 0 aromatic heterocycles. The van der Waals surface area contributed by atoms with Crippen molar-refractivity contribution in [3.05, 3.63) is 59.2 Å². The molecule has 2 rings (SSSR count). The maximum absolute atomic E-state index is 12.6. The molecule has 0 aliphatic heterocycles. The number of hydrogen-bond donors (Lipinski definition) is 1. The summed E-state index contributed by atoms with van der Waals surface area (Å²) in [5.41, 5.74) is 3.45. The zero-order valence-corrected chi connectivity index (χ0v) is 14.6. The highest BCUT2D eigenvalue weighted by atomic mass is 16.5. The largest absolute Gasteiger partial charge is 0.494 e. The van der Waals surface area contributed by atoms with Crippen LogP contribution in [-0.2, 0) is 17.8 Å². The molecule has 24 heavy (non-hydrogen) atoms. The predicted octanol–water partition coefficient (Wildman–Crippen LogP) is 4.44. The first-order valence-electron chi connectivity index (χ1n) is 8.42. The Morgan fingerprint density at radius 3 is 2.50 bits per heavy atom. The van der Waals surface area contributed by atoms with Crippen molar-refractivity contribution in [1.29, 1.82) is 0 Å². The molecule has 0 aliphatic rings. The lowest BCUT2D eigenvalue weighted by atomic mass is 10.1. The zero-order valence-electron chi connectivity index (χ0n) is 14.6. The maximum atomic E-state index is 12.6. The van der Waals surface area contributed by atoms with Gasteiger partial charge in [0.2, 0.25) is 0 Å². The molecule has 0 saturated carbocycles. The van der Waals surface area contributed by atoms with E-state index in [-0.39, 0.29) is 5.91 Å². The Kier molecular flexibility index (Phi) is 6.82. The molecule has 0 heterocycles. The third-order valence-corrected chi connectivity index (χ3v) is 3.73. The Morgan fingerprint density at radius 2 is 1.79 bits per heavy atom. The van der Waals surface area contributed by atoms with Crippen LogP contribution in [0.4, 0.5) is 5.69 Å². The summed E-state index contributed by atoms with van der Waals surface area (Å²) in [7, 11) is 0. The molecule has 0 unspecified atom stereocenters. The van der Waals surface area contributed by atoms with Crippen LogP contribution < -0.4 is 10.1 Å². The molecule has 1 amide bonds. The van der Waals surface area contributed by atoms with Gasteiger partial charge in [0, 0.05) is 23.4 Å². The lowest BCUT2D eigenvalue weighted by molar-refractivity contribution is 0.102. The van der Waals surface area contributed by atoms with Gasteiger partial charge < -0.3 is 14.8 Å². The van der Waals surface area contributed by atoms with Crippen molar-refractivity contribution in [2.45, 2.75) is 33.8 Å². The number of para-hydroxylation sites is 1. The number of hydrogen-bond acceptors (Lipinski definition) is 3. The molecule has 2 aromatic carbocycles. The molecule has 0 radical (unpaired) electrons. The summed E-state index contributed by atoms with van der Waals surface area (Å²) in [4.78, 5) is 12.6. The molecular formula is C20H25NO3. The van der Waals surface area contributed by atoms with Crippen LogP contribution in [0.5, 0.6) is 5.75 Å². The van der Waals surface area contributed by atoms with E-state index in [1.807, 2.05) is 50.2 Å². The summed E-state index contributed by atoms with van der Waals surface area (Å²) in [6, 6.07) is 13.3. The van der Waals surface area contributed by atoms with Gasteiger partial charge in [0.15, 0.2) is 0 Å². The molecule has 0 aliphatic carbocycles. The molecule has 0 saturated heterocycles. The van der Waals surface area contributed by atoms with Crippen LogP contribution in [0, 0.1) is 0 Å². The fraction of sp³-hybridized carbons (Fsp3) is 0.350. The number of rotatable bonds is 8. The highest BCUT2D eigenvalue weighted by Gasteiger charge is 2.12. The van der Waals surface area contributed by atoms with Crippen molar-refractivity contribution in [3.63, 3.8) is 0 Å². The average molecular weight is 327 g/mol. The zero-order chi connectivity index (χ0) is 17.4. The third kappa shape index (κ3) is 4.59. The van der Waals surface area contributed by atoms with Crippen LogP contribution >= 0.6 is 0 Å². The van der Waals surface area contributed by atoms with E-state index in [1.165, 1.54) is 0 Å². The number of carbonyl (C=O) groups excluding carboxylic acids is 1. The quantitative estimate of drug-likeness (QED) is 0.780. The van der Waals surface area contributed by atoms with Gasteiger partial charge in [0.05, 0.1) is 13.2 Å². The van der Waals surface area contributed by atoms with Gasteiger partial charge in [0.1, 0.15) is 5.75 Å². The van der Waals surface area contributed by atoms with Crippen molar-refractivity contribution >= 4 is 11.6 Å². The second-order valence-electron chi connectivity index (χ2n) is 5.36. The van der Waals surface area contributed by atoms with E-state index >= 15 is 0 Å². The first-order chi connectivity index (χ1) is 11.7. The van der Waals surface area contributed by atoms with Gasteiger partial charge in [-0.1, -0.05) is 25.1 Å². The number of anilines is 1. The Bertz CT molecular complexity index is 682. The van der Waals surface area contributed by atoms with Crippen LogP contribution in [0.25, 0.3) is 0 Å². The number of nitrogens with one attached hydrogen (secondary N) is 1. The lowest BCUT2D eigenvalue weighted by Gasteiger charge is -2.13. The molecule has 0 bridgehead atoms. The Labute approximate surface area is 143 Å².